The van der Waals surface area contributed by atoms with E-state index < -0.39 is 0 Å². The largest absolute Gasteiger partial charge is 0.472 e. The van der Waals surface area contributed by atoms with Gasteiger partial charge in [0, 0.05) is 10.9 Å². The van der Waals surface area contributed by atoms with E-state index in [9.17, 15) is 0 Å². The summed E-state index contributed by atoms with van der Waals surface area (Å²) in [5.74, 6) is 0. The summed E-state index contributed by atoms with van der Waals surface area (Å²) < 4.78 is 5.12. The maximum absolute atomic E-state index is 5.12. The molecule has 90 valence electrons. The predicted molar refractivity (Wildman–Crippen MR) is 72.4 cm³/mol. The van der Waals surface area contributed by atoms with Gasteiger partial charge < -0.3 is 9.73 Å². The molecule has 2 nitrogen and oxygen atoms in total. The van der Waals surface area contributed by atoms with E-state index in [2.05, 4.69) is 35.8 Å². The van der Waals surface area contributed by atoms with Crippen molar-refractivity contribution in [3.8, 4) is 0 Å². The van der Waals surface area contributed by atoms with Crippen LogP contribution in [-0.2, 0) is 6.42 Å². The average molecular weight is 247 g/mol. The number of hydrogen-bond donors (Lipinski definition) is 1. The monoisotopic (exact) mass is 247 g/mol. The van der Waals surface area contributed by atoms with Gasteiger partial charge in [0.1, 0.15) is 0 Å². The second kappa shape index (κ2) is 5.94. The van der Waals surface area contributed by atoms with Crippen LogP contribution in [0, 0.1) is 0 Å². The van der Waals surface area contributed by atoms with Crippen molar-refractivity contribution in [1.29, 1.82) is 0 Å². The van der Waals surface area contributed by atoms with Gasteiger partial charge in [-0.25, -0.2) is 0 Å². The highest BCUT2D eigenvalue weighted by Crippen LogP contribution is 2.27. The van der Waals surface area contributed by atoms with Gasteiger partial charge in [-0.2, -0.15) is 0 Å². The molecule has 17 heavy (non-hydrogen) atoms. The van der Waals surface area contributed by atoms with Crippen molar-refractivity contribution in [2.24, 2.45) is 0 Å². The molecular weight excluding hydrogens is 230 g/mol. The van der Waals surface area contributed by atoms with Gasteiger partial charge in [0.05, 0.1) is 12.5 Å². The smallest absolute Gasteiger partial charge is 0.0935 e. The molecule has 1 N–H and O–H groups in total. The zero-order chi connectivity index (χ0) is 12.1. The van der Waals surface area contributed by atoms with Crippen molar-refractivity contribution in [2.75, 3.05) is 13.3 Å². The summed E-state index contributed by atoms with van der Waals surface area (Å²) in [6.07, 6.45) is 6.60. The first-order valence-corrected chi connectivity index (χ1v) is 6.89. The van der Waals surface area contributed by atoms with Crippen LogP contribution in [0.3, 0.4) is 0 Å². The van der Waals surface area contributed by atoms with Crippen LogP contribution < -0.4 is 5.32 Å². The first kappa shape index (κ1) is 12.3. The molecule has 0 aliphatic carbocycles. The van der Waals surface area contributed by atoms with Crippen LogP contribution in [-0.4, -0.2) is 13.3 Å². The van der Waals surface area contributed by atoms with E-state index in [1.165, 1.54) is 16.0 Å². The third-order valence-corrected chi connectivity index (χ3v) is 3.69. The normalized spacial score (nSPS) is 12.6. The van der Waals surface area contributed by atoms with E-state index >= 15 is 0 Å². The standard InChI is InChI=1S/C14H17NOS/c1-15-13(9-11-7-8-16-10-11)12-5-3-4-6-14(12)17-2/h3-8,10,13,15H,9H2,1-2H3. The number of rotatable bonds is 5. The molecule has 1 heterocycles. The van der Waals surface area contributed by atoms with Gasteiger partial charge in [-0.05, 0) is 43.0 Å². The highest BCUT2D eigenvalue weighted by molar-refractivity contribution is 7.98. The minimum atomic E-state index is 0.330. The van der Waals surface area contributed by atoms with Crippen molar-refractivity contribution in [3.63, 3.8) is 0 Å². The number of furan rings is 1. The molecule has 0 aliphatic heterocycles. The van der Waals surface area contributed by atoms with Crippen molar-refractivity contribution in [2.45, 2.75) is 17.4 Å². The van der Waals surface area contributed by atoms with Crippen LogP contribution in [0.1, 0.15) is 17.2 Å². The van der Waals surface area contributed by atoms with E-state index in [4.69, 9.17) is 4.42 Å². The molecule has 2 rings (SSSR count). The number of hydrogen-bond acceptors (Lipinski definition) is 3. The molecule has 1 unspecified atom stereocenters. The Morgan fingerprint density at radius 2 is 2.12 bits per heavy atom. The molecule has 0 fully saturated rings. The third kappa shape index (κ3) is 2.93. The molecule has 3 heteroatoms. The highest BCUT2D eigenvalue weighted by Gasteiger charge is 2.13. The molecule has 0 saturated heterocycles. The molecule has 0 aliphatic rings. The molecule has 0 bridgehead atoms. The molecule has 1 aromatic heterocycles. The van der Waals surface area contributed by atoms with Crippen LogP contribution in [0.4, 0.5) is 0 Å². The maximum Gasteiger partial charge on any atom is 0.0935 e. The van der Waals surface area contributed by atoms with E-state index in [0.717, 1.165) is 6.42 Å². The SMILES string of the molecule is CNC(Cc1ccoc1)c1ccccc1SC. The predicted octanol–water partition coefficient (Wildman–Crippen LogP) is 3.50. The fourth-order valence-corrected chi connectivity index (χ4v) is 2.63. The van der Waals surface area contributed by atoms with Gasteiger partial charge in [0.25, 0.3) is 0 Å². The Morgan fingerprint density at radius 1 is 1.29 bits per heavy atom. The van der Waals surface area contributed by atoms with E-state index in [1.807, 2.05) is 19.4 Å². The summed E-state index contributed by atoms with van der Waals surface area (Å²) in [5, 5.41) is 3.38. The quantitative estimate of drug-likeness (QED) is 0.819. The van der Waals surface area contributed by atoms with Crippen LogP contribution in [0.5, 0.6) is 0 Å². The topological polar surface area (TPSA) is 25.2 Å². The number of nitrogens with one attached hydrogen (secondary N) is 1. The molecular formula is C14H17NOS. The van der Waals surface area contributed by atoms with Crippen molar-refractivity contribution < 1.29 is 4.42 Å². The summed E-state index contributed by atoms with van der Waals surface area (Å²) in [5.41, 5.74) is 2.57. The minimum absolute atomic E-state index is 0.330. The van der Waals surface area contributed by atoms with E-state index in [0.29, 0.717) is 6.04 Å². The summed E-state index contributed by atoms with van der Waals surface area (Å²) in [7, 11) is 2.00. The van der Waals surface area contributed by atoms with Crippen molar-refractivity contribution in [3.05, 3.63) is 54.0 Å². The van der Waals surface area contributed by atoms with E-state index in [1.54, 1.807) is 18.0 Å². The van der Waals surface area contributed by atoms with Gasteiger partial charge in [0.2, 0.25) is 0 Å². The van der Waals surface area contributed by atoms with Crippen molar-refractivity contribution >= 4 is 11.8 Å². The number of benzene rings is 1. The highest BCUT2D eigenvalue weighted by atomic mass is 32.2. The summed E-state index contributed by atoms with van der Waals surface area (Å²) in [6, 6.07) is 10.9. The zero-order valence-corrected chi connectivity index (χ0v) is 11.0. The molecule has 0 radical (unpaired) electrons. The van der Waals surface area contributed by atoms with Gasteiger partial charge >= 0.3 is 0 Å². The Bertz CT molecular complexity index is 453. The Morgan fingerprint density at radius 3 is 2.76 bits per heavy atom. The second-order valence-corrected chi connectivity index (χ2v) is 4.77. The molecule has 0 saturated carbocycles. The van der Waals surface area contributed by atoms with Crippen molar-refractivity contribution in [1.82, 2.24) is 5.32 Å². The summed E-state index contributed by atoms with van der Waals surface area (Å²) in [4.78, 5) is 1.33. The summed E-state index contributed by atoms with van der Waals surface area (Å²) >= 11 is 1.79. The van der Waals surface area contributed by atoms with Crippen LogP contribution >= 0.6 is 11.8 Å². The van der Waals surface area contributed by atoms with Crippen LogP contribution in [0.2, 0.25) is 0 Å². The molecule has 1 atom stereocenters. The fraction of sp³-hybridized carbons (Fsp3) is 0.286. The molecule has 0 amide bonds. The first-order chi connectivity index (χ1) is 8.35. The molecule has 1 aromatic carbocycles. The Labute approximate surface area is 106 Å². The average Bonchev–Trinajstić information content (AvgIpc) is 2.89. The Balaban J connectivity index is 2.22. The summed E-state index contributed by atoms with van der Waals surface area (Å²) in [6.45, 7) is 0. The van der Waals surface area contributed by atoms with Gasteiger partial charge in [-0.3, -0.25) is 0 Å². The van der Waals surface area contributed by atoms with Gasteiger partial charge in [-0.1, -0.05) is 18.2 Å². The Hall–Kier alpha value is -1.19. The number of thioether (sulfide) groups is 1. The lowest BCUT2D eigenvalue weighted by molar-refractivity contribution is 0.549. The van der Waals surface area contributed by atoms with Crippen LogP contribution in [0.25, 0.3) is 0 Å². The molecule has 0 spiro atoms. The second-order valence-electron chi connectivity index (χ2n) is 3.92. The maximum atomic E-state index is 5.12. The first-order valence-electron chi connectivity index (χ1n) is 5.66. The lowest BCUT2D eigenvalue weighted by atomic mass is 10.0. The van der Waals surface area contributed by atoms with E-state index in [-0.39, 0.29) is 0 Å². The zero-order valence-electron chi connectivity index (χ0n) is 10.1. The number of likely N-dealkylation sites (N-methyl/N-ethyl adjacent to an activating group) is 1. The minimum Gasteiger partial charge on any atom is -0.472 e. The third-order valence-electron chi connectivity index (χ3n) is 2.88. The van der Waals surface area contributed by atoms with Gasteiger partial charge in [0.15, 0.2) is 0 Å². The van der Waals surface area contributed by atoms with Crippen LogP contribution in [0.15, 0.2) is 52.2 Å². The fourth-order valence-electron chi connectivity index (χ4n) is 1.97. The lowest BCUT2D eigenvalue weighted by Gasteiger charge is -2.18. The molecule has 2 aromatic rings. The van der Waals surface area contributed by atoms with Gasteiger partial charge in [-0.15, -0.1) is 11.8 Å². The Kier molecular flexibility index (Phi) is 4.29. The lowest BCUT2D eigenvalue weighted by Crippen LogP contribution is -2.19.